The SMILES string of the molecule is CNc1cc(N2CCCC(O)(c3ccccc3)C2)nc(N)n1. The Labute approximate surface area is 130 Å². The molecule has 0 saturated carbocycles. The van der Waals surface area contributed by atoms with Crippen molar-refractivity contribution in [2.45, 2.75) is 18.4 Å². The zero-order valence-corrected chi connectivity index (χ0v) is 12.7. The summed E-state index contributed by atoms with van der Waals surface area (Å²) in [5.41, 5.74) is 5.85. The molecule has 116 valence electrons. The number of piperidine rings is 1. The van der Waals surface area contributed by atoms with Gasteiger partial charge in [0.05, 0.1) is 6.54 Å². The van der Waals surface area contributed by atoms with Crippen molar-refractivity contribution < 1.29 is 5.11 Å². The standard InChI is InChI=1S/C16H21N5O/c1-18-13-10-14(20-15(17)19-13)21-9-5-8-16(22,11-21)12-6-3-2-4-7-12/h2-4,6-7,10,22H,5,8-9,11H2,1H3,(H3,17,18,19,20). The van der Waals surface area contributed by atoms with Crippen molar-refractivity contribution in [3.8, 4) is 0 Å². The van der Waals surface area contributed by atoms with E-state index in [0.717, 1.165) is 30.8 Å². The highest BCUT2D eigenvalue weighted by Crippen LogP contribution is 2.33. The largest absolute Gasteiger partial charge is 0.383 e. The molecule has 6 heteroatoms. The van der Waals surface area contributed by atoms with Gasteiger partial charge in [-0.2, -0.15) is 9.97 Å². The summed E-state index contributed by atoms with van der Waals surface area (Å²) >= 11 is 0. The molecule has 0 bridgehead atoms. The van der Waals surface area contributed by atoms with Gasteiger partial charge in [-0.15, -0.1) is 0 Å². The van der Waals surface area contributed by atoms with Crippen LogP contribution in [-0.2, 0) is 5.60 Å². The van der Waals surface area contributed by atoms with E-state index >= 15 is 0 Å². The maximum absolute atomic E-state index is 11.0. The lowest BCUT2D eigenvalue weighted by atomic mass is 9.86. The predicted octanol–water partition coefficient (Wildman–Crippen LogP) is 1.59. The maximum Gasteiger partial charge on any atom is 0.223 e. The highest BCUT2D eigenvalue weighted by Gasteiger charge is 2.35. The van der Waals surface area contributed by atoms with Gasteiger partial charge in [-0.05, 0) is 18.4 Å². The molecule has 2 aromatic rings. The summed E-state index contributed by atoms with van der Waals surface area (Å²) in [5, 5.41) is 14.0. The number of aromatic nitrogens is 2. The van der Waals surface area contributed by atoms with E-state index < -0.39 is 5.60 Å². The number of benzene rings is 1. The minimum absolute atomic E-state index is 0.232. The number of nitrogens with zero attached hydrogens (tertiary/aromatic N) is 3. The molecular weight excluding hydrogens is 278 g/mol. The van der Waals surface area contributed by atoms with Crippen LogP contribution in [0.3, 0.4) is 0 Å². The fraction of sp³-hybridized carbons (Fsp3) is 0.375. The second-order valence-corrected chi connectivity index (χ2v) is 5.64. The van der Waals surface area contributed by atoms with Crippen LogP contribution in [0.4, 0.5) is 17.6 Å². The lowest BCUT2D eigenvalue weighted by Gasteiger charge is -2.40. The molecule has 2 heterocycles. The highest BCUT2D eigenvalue weighted by atomic mass is 16.3. The number of β-amino-alcohol motifs (C(OH)–C–C–N with tert-alkyl or cyclic N) is 1. The van der Waals surface area contributed by atoms with Gasteiger partial charge in [-0.1, -0.05) is 30.3 Å². The number of hydrogen-bond acceptors (Lipinski definition) is 6. The van der Waals surface area contributed by atoms with E-state index in [1.54, 1.807) is 7.05 Å². The fourth-order valence-corrected chi connectivity index (χ4v) is 2.96. The van der Waals surface area contributed by atoms with E-state index in [-0.39, 0.29) is 5.95 Å². The Balaban J connectivity index is 1.89. The Morgan fingerprint density at radius 3 is 2.77 bits per heavy atom. The second kappa shape index (κ2) is 5.81. The molecule has 0 amide bonds. The Morgan fingerprint density at radius 2 is 2.05 bits per heavy atom. The van der Waals surface area contributed by atoms with Crippen molar-refractivity contribution in [3.05, 3.63) is 42.0 Å². The average Bonchev–Trinajstić information content (AvgIpc) is 2.55. The van der Waals surface area contributed by atoms with E-state index in [4.69, 9.17) is 5.73 Å². The second-order valence-electron chi connectivity index (χ2n) is 5.64. The fourth-order valence-electron chi connectivity index (χ4n) is 2.96. The van der Waals surface area contributed by atoms with Gasteiger partial charge in [0.25, 0.3) is 0 Å². The molecular formula is C16H21N5O. The molecule has 3 rings (SSSR count). The average molecular weight is 299 g/mol. The highest BCUT2D eigenvalue weighted by molar-refractivity contribution is 5.53. The first-order valence-electron chi connectivity index (χ1n) is 7.46. The molecule has 1 atom stereocenters. The summed E-state index contributed by atoms with van der Waals surface area (Å²) < 4.78 is 0. The topological polar surface area (TPSA) is 87.3 Å². The molecule has 1 fully saturated rings. The van der Waals surface area contributed by atoms with Gasteiger partial charge in [0.15, 0.2) is 0 Å². The number of aliphatic hydroxyl groups is 1. The molecule has 1 saturated heterocycles. The van der Waals surface area contributed by atoms with E-state index in [9.17, 15) is 5.11 Å². The van der Waals surface area contributed by atoms with Crippen LogP contribution >= 0.6 is 0 Å². The van der Waals surface area contributed by atoms with Crippen LogP contribution in [0, 0.1) is 0 Å². The van der Waals surface area contributed by atoms with Gasteiger partial charge in [0, 0.05) is 19.7 Å². The van der Waals surface area contributed by atoms with Gasteiger partial charge < -0.3 is 21.1 Å². The zero-order valence-electron chi connectivity index (χ0n) is 12.7. The normalized spacial score (nSPS) is 21.6. The van der Waals surface area contributed by atoms with Gasteiger partial charge in [0.1, 0.15) is 17.2 Å². The van der Waals surface area contributed by atoms with Crippen LogP contribution in [0.25, 0.3) is 0 Å². The van der Waals surface area contributed by atoms with E-state index in [2.05, 4.69) is 20.2 Å². The van der Waals surface area contributed by atoms with E-state index in [1.165, 1.54) is 0 Å². The van der Waals surface area contributed by atoms with Crippen molar-refractivity contribution in [1.82, 2.24) is 9.97 Å². The molecule has 4 N–H and O–H groups in total. The van der Waals surface area contributed by atoms with Gasteiger partial charge in [-0.3, -0.25) is 0 Å². The van der Waals surface area contributed by atoms with Crippen molar-refractivity contribution in [2.24, 2.45) is 0 Å². The van der Waals surface area contributed by atoms with Crippen LogP contribution in [0.5, 0.6) is 0 Å². The van der Waals surface area contributed by atoms with Crippen LogP contribution in [0.1, 0.15) is 18.4 Å². The summed E-state index contributed by atoms with van der Waals surface area (Å²) in [6.45, 7) is 1.34. The minimum atomic E-state index is -0.862. The molecule has 1 aromatic carbocycles. The van der Waals surface area contributed by atoms with Crippen molar-refractivity contribution in [3.63, 3.8) is 0 Å². The Hall–Kier alpha value is -2.34. The third-order valence-corrected chi connectivity index (χ3v) is 4.09. The number of nitrogens with one attached hydrogen (secondary N) is 1. The molecule has 6 nitrogen and oxygen atoms in total. The first-order chi connectivity index (χ1) is 10.6. The van der Waals surface area contributed by atoms with Gasteiger partial charge in [0.2, 0.25) is 5.95 Å². The third kappa shape index (κ3) is 2.82. The van der Waals surface area contributed by atoms with Crippen molar-refractivity contribution >= 4 is 17.6 Å². The number of nitrogen functional groups attached to an aromatic ring is 1. The van der Waals surface area contributed by atoms with Crippen LogP contribution < -0.4 is 16.0 Å². The number of hydrogen-bond donors (Lipinski definition) is 3. The van der Waals surface area contributed by atoms with Crippen LogP contribution in [0.2, 0.25) is 0 Å². The lowest BCUT2D eigenvalue weighted by molar-refractivity contribution is 0.0217. The number of rotatable bonds is 3. The quantitative estimate of drug-likeness (QED) is 0.798. The molecule has 0 radical (unpaired) electrons. The molecule has 1 unspecified atom stereocenters. The van der Waals surface area contributed by atoms with E-state index in [0.29, 0.717) is 12.4 Å². The predicted molar refractivity (Wildman–Crippen MR) is 87.8 cm³/mol. The van der Waals surface area contributed by atoms with Crippen molar-refractivity contribution in [2.75, 3.05) is 36.1 Å². The molecule has 1 aliphatic heterocycles. The minimum Gasteiger partial charge on any atom is -0.383 e. The first-order valence-corrected chi connectivity index (χ1v) is 7.46. The van der Waals surface area contributed by atoms with Crippen LogP contribution in [-0.4, -0.2) is 35.2 Å². The molecule has 1 aromatic heterocycles. The number of anilines is 3. The summed E-state index contributed by atoms with van der Waals surface area (Å²) in [4.78, 5) is 10.5. The maximum atomic E-state index is 11.0. The Bertz CT molecular complexity index is 648. The summed E-state index contributed by atoms with van der Waals surface area (Å²) in [7, 11) is 1.79. The van der Waals surface area contributed by atoms with Gasteiger partial charge in [-0.25, -0.2) is 0 Å². The summed E-state index contributed by atoms with van der Waals surface area (Å²) in [6.07, 6.45) is 1.64. The summed E-state index contributed by atoms with van der Waals surface area (Å²) in [6, 6.07) is 11.7. The van der Waals surface area contributed by atoms with E-state index in [1.807, 2.05) is 36.4 Å². The molecule has 0 aliphatic carbocycles. The summed E-state index contributed by atoms with van der Waals surface area (Å²) in [5.74, 6) is 1.65. The number of nitrogens with two attached hydrogens (primary N) is 1. The third-order valence-electron chi connectivity index (χ3n) is 4.09. The Kier molecular flexibility index (Phi) is 3.85. The molecule has 22 heavy (non-hydrogen) atoms. The lowest BCUT2D eigenvalue weighted by Crippen LogP contribution is -2.46. The smallest absolute Gasteiger partial charge is 0.223 e. The zero-order chi connectivity index (χ0) is 15.6. The molecule has 1 aliphatic rings. The Morgan fingerprint density at radius 1 is 1.27 bits per heavy atom. The first kappa shape index (κ1) is 14.6. The monoisotopic (exact) mass is 299 g/mol. The molecule has 0 spiro atoms. The van der Waals surface area contributed by atoms with Crippen molar-refractivity contribution in [1.29, 1.82) is 0 Å². The van der Waals surface area contributed by atoms with Gasteiger partial charge >= 0.3 is 0 Å². The van der Waals surface area contributed by atoms with Crippen LogP contribution in [0.15, 0.2) is 36.4 Å².